The highest BCUT2D eigenvalue weighted by molar-refractivity contribution is 9.11. The van der Waals surface area contributed by atoms with Gasteiger partial charge in [-0.15, -0.1) is 0 Å². The summed E-state index contributed by atoms with van der Waals surface area (Å²) < 4.78 is 2.17. The molecule has 0 saturated heterocycles. The van der Waals surface area contributed by atoms with Crippen molar-refractivity contribution in [1.29, 1.82) is 0 Å². The normalized spacial score (nSPS) is 12.4. The smallest absolute Gasteiger partial charge is 0.0436 e. The van der Waals surface area contributed by atoms with E-state index in [1.54, 1.807) is 0 Å². The Morgan fingerprint density at radius 2 is 1.59 bits per heavy atom. The summed E-state index contributed by atoms with van der Waals surface area (Å²) in [5, 5.41) is 0. The number of nitrogens with zero attached hydrogens (tertiary/aromatic N) is 1. The summed E-state index contributed by atoms with van der Waals surface area (Å²) in [6, 6.07) is 10.4. The number of aromatic nitrogens is 1. The predicted molar refractivity (Wildman–Crippen MR) is 81.5 cm³/mol. The molecule has 17 heavy (non-hydrogen) atoms. The zero-order chi connectivity index (χ0) is 12.3. The van der Waals surface area contributed by atoms with E-state index < -0.39 is 0 Å². The average Bonchev–Trinajstić information content (AvgIpc) is 2.29. The van der Waals surface area contributed by atoms with Gasteiger partial charge >= 0.3 is 0 Å². The van der Waals surface area contributed by atoms with Crippen LogP contribution in [0.5, 0.6) is 0 Å². The summed E-state index contributed by atoms with van der Waals surface area (Å²) in [6.07, 6.45) is 4.60. The molecule has 2 aromatic rings. The zero-order valence-corrected chi connectivity index (χ0v) is 13.7. The monoisotopic (exact) mass is 417 g/mol. The Morgan fingerprint density at radius 3 is 2.18 bits per heavy atom. The minimum atomic E-state index is 0.304. The first kappa shape index (κ1) is 13.2. The second kappa shape index (κ2) is 6.12. The highest BCUT2D eigenvalue weighted by Gasteiger charge is 2.09. The average molecular weight is 420 g/mol. The van der Waals surface area contributed by atoms with Crippen LogP contribution in [0, 0.1) is 0 Å². The molecule has 2 rings (SSSR count). The number of alkyl halides is 1. The Hall–Kier alpha value is -0.190. The molecule has 0 radical (unpaired) electrons. The first-order valence-electron chi connectivity index (χ1n) is 5.14. The molecule has 88 valence electrons. The fraction of sp³-hybridized carbons (Fsp3) is 0.154. The van der Waals surface area contributed by atoms with E-state index >= 15 is 0 Å². The second-order valence-corrected chi connectivity index (χ2v) is 6.67. The molecule has 1 unspecified atom stereocenters. The Kier molecular flexibility index (Phi) is 4.77. The van der Waals surface area contributed by atoms with Crippen LogP contribution >= 0.6 is 47.8 Å². The first-order valence-corrected chi connectivity index (χ1v) is 7.64. The van der Waals surface area contributed by atoms with E-state index in [-0.39, 0.29) is 0 Å². The van der Waals surface area contributed by atoms with Crippen LogP contribution in [-0.4, -0.2) is 4.98 Å². The van der Waals surface area contributed by atoms with Gasteiger partial charge in [0.25, 0.3) is 0 Å². The van der Waals surface area contributed by atoms with E-state index in [0.29, 0.717) is 4.83 Å². The molecule has 0 aliphatic heterocycles. The van der Waals surface area contributed by atoms with Crippen LogP contribution in [0.4, 0.5) is 0 Å². The minimum Gasteiger partial charge on any atom is -0.265 e. The molecule has 0 aliphatic rings. The number of benzene rings is 1. The maximum Gasteiger partial charge on any atom is 0.0436 e. The topological polar surface area (TPSA) is 12.9 Å². The molecule has 0 amide bonds. The SMILES string of the molecule is Brc1cc(Br)cc(C(Br)Cc2ccncc2)c1. The summed E-state index contributed by atoms with van der Waals surface area (Å²) in [6.45, 7) is 0. The van der Waals surface area contributed by atoms with Crippen molar-refractivity contribution < 1.29 is 0 Å². The Labute approximate surface area is 126 Å². The fourth-order valence-electron chi connectivity index (χ4n) is 1.60. The van der Waals surface area contributed by atoms with Gasteiger partial charge < -0.3 is 0 Å². The van der Waals surface area contributed by atoms with Gasteiger partial charge in [-0.1, -0.05) is 47.8 Å². The molecule has 1 aromatic carbocycles. The van der Waals surface area contributed by atoms with E-state index in [9.17, 15) is 0 Å². The highest BCUT2D eigenvalue weighted by atomic mass is 79.9. The first-order chi connectivity index (χ1) is 8.15. The van der Waals surface area contributed by atoms with Crippen LogP contribution < -0.4 is 0 Å². The molecule has 0 spiro atoms. The highest BCUT2D eigenvalue weighted by Crippen LogP contribution is 2.31. The molecule has 0 saturated carbocycles. The summed E-state index contributed by atoms with van der Waals surface area (Å²) in [7, 11) is 0. The maximum absolute atomic E-state index is 4.02. The molecule has 0 bridgehead atoms. The number of hydrogen-bond donors (Lipinski definition) is 0. The second-order valence-electron chi connectivity index (χ2n) is 3.73. The standard InChI is InChI=1S/C13H10Br3N/c14-11-6-10(7-12(15)8-11)13(16)5-9-1-3-17-4-2-9/h1-4,6-8,13H,5H2. The molecule has 1 atom stereocenters. The third-order valence-corrected chi connectivity index (χ3v) is 4.18. The molecular weight excluding hydrogens is 410 g/mol. The number of pyridine rings is 1. The van der Waals surface area contributed by atoms with Gasteiger partial charge in [0.1, 0.15) is 0 Å². The van der Waals surface area contributed by atoms with Gasteiger partial charge in [-0.05, 0) is 47.9 Å². The number of hydrogen-bond acceptors (Lipinski definition) is 1. The van der Waals surface area contributed by atoms with Gasteiger partial charge in [-0.25, -0.2) is 0 Å². The third-order valence-electron chi connectivity index (χ3n) is 2.41. The van der Waals surface area contributed by atoms with Gasteiger partial charge in [0.2, 0.25) is 0 Å². The summed E-state index contributed by atoms with van der Waals surface area (Å²) >= 11 is 10.7. The lowest BCUT2D eigenvalue weighted by Crippen LogP contribution is -1.95. The lowest BCUT2D eigenvalue weighted by Gasteiger charge is -2.11. The zero-order valence-electron chi connectivity index (χ0n) is 8.91. The van der Waals surface area contributed by atoms with Crippen molar-refractivity contribution in [2.24, 2.45) is 0 Å². The van der Waals surface area contributed by atoms with Crippen LogP contribution in [0.25, 0.3) is 0 Å². The van der Waals surface area contributed by atoms with Gasteiger partial charge in [0.05, 0.1) is 0 Å². The molecule has 1 nitrogen and oxygen atoms in total. The lowest BCUT2D eigenvalue weighted by atomic mass is 10.1. The summed E-state index contributed by atoms with van der Waals surface area (Å²) in [5.41, 5.74) is 2.53. The maximum atomic E-state index is 4.02. The molecular formula is C13H10Br3N. The quantitative estimate of drug-likeness (QED) is 0.616. The van der Waals surface area contributed by atoms with E-state index in [1.165, 1.54) is 11.1 Å². The minimum absolute atomic E-state index is 0.304. The van der Waals surface area contributed by atoms with Crippen LogP contribution in [0.15, 0.2) is 51.7 Å². The summed E-state index contributed by atoms with van der Waals surface area (Å²) in [5.74, 6) is 0. The van der Waals surface area contributed by atoms with Crippen LogP contribution in [0.2, 0.25) is 0 Å². The van der Waals surface area contributed by atoms with Gasteiger partial charge in [-0.3, -0.25) is 4.98 Å². The van der Waals surface area contributed by atoms with Crippen molar-refractivity contribution in [1.82, 2.24) is 4.98 Å². The van der Waals surface area contributed by atoms with Crippen molar-refractivity contribution in [2.75, 3.05) is 0 Å². The Bertz CT molecular complexity index is 479. The van der Waals surface area contributed by atoms with Crippen molar-refractivity contribution in [3.63, 3.8) is 0 Å². The van der Waals surface area contributed by atoms with Gasteiger partial charge in [-0.2, -0.15) is 0 Å². The summed E-state index contributed by atoms with van der Waals surface area (Å²) in [4.78, 5) is 4.33. The van der Waals surface area contributed by atoms with Crippen molar-refractivity contribution >= 4 is 47.8 Å². The lowest BCUT2D eigenvalue weighted by molar-refractivity contribution is 0.942. The number of halogens is 3. The molecule has 0 aliphatic carbocycles. The number of rotatable bonds is 3. The van der Waals surface area contributed by atoms with E-state index in [4.69, 9.17) is 0 Å². The van der Waals surface area contributed by atoms with Crippen LogP contribution in [0.1, 0.15) is 16.0 Å². The molecule has 0 fully saturated rings. The molecule has 1 aromatic heterocycles. The molecule has 0 N–H and O–H groups in total. The largest absolute Gasteiger partial charge is 0.265 e. The molecule has 1 heterocycles. The fourth-order valence-corrected chi connectivity index (χ4v) is 3.57. The Morgan fingerprint density at radius 1 is 1.00 bits per heavy atom. The third kappa shape index (κ3) is 3.90. The van der Waals surface area contributed by atoms with Crippen molar-refractivity contribution in [3.8, 4) is 0 Å². The van der Waals surface area contributed by atoms with Crippen molar-refractivity contribution in [2.45, 2.75) is 11.2 Å². The van der Waals surface area contributed by atoms with E-state index in [0.717, 1.165) is 15.4 Å². The van der Waals surface area contributed by atoms with Crippen molar-refractivity contribution in [3.05, 3.63) is 62.8 Å². The van der Waals surface area contributed by atoms with E-state index in [2.05, 4.69) is 64.9 Å². The molecule has 4 heteroatoms. The van der Waals surface area contributed by atoms with Crippen LogP contribution in [0.3, 0.4) is 0 Å². The van der Waals surface area contributed by atoms with Crippen LogP contribution in [-0.2, 0) is 6.42 Å². The van der Waals surface area contributed by atoms with Gasteiger partial charge in [0.15, 0.2) is 0 Å². The van der Waals surface area contributed by atoms with Gasteiger partial charge in [0, 0.05) is 26.2 Å². The Balaban J connectivity index is 2.17. The predicted octanol–water partition coefficient (Wildman–Crippen LogP) is 5.29. The van der Waals surface area contributed by atoms with E-state index in [1.807, 2.05) is 30.6 Å².